The molecule has 5 heteroatoms. The Kier molecular flexibility index (Phi) is 4.23. The summed E-state index contributed by atoms with van der Waals surface area (Å²) in [5, 5.41) is 10.7. The summed E-state index contributed by atoms with van der Waals surface area (Å²) < 4.78 is 4.42. The molecule has 0 saturated carbocycles. The van der Waals surface area contributed by atoms with Crippen molar-refractivity contribution in [2.75, 3.05) is 7.11 Å². The molecule has 0 aliphatic rings. The lowest BCUT2D eigenvalue weighted by Gasteiger charge is -1.96. The van der Waals surface area contributed by atoms with Gasteiger partial charge in [0.1, 0.15) is 6.42 Å². The predicted octanol–water partition coefficient (Wildman–Crippen LogP) is 1.82. The number of rotatable bonds is 2. The summed E-state index contributed by atoms with van der Waals surface area (Å²) in [4.78, 5) is 21.0. The smallest absolute Gasteiger partial charge is 0.317 e. The number of nitro benzene ring substituents is 1. The Balaban J connectivity index is 2.89. The van der Waals surface area contributed by atoms with E-state index in [1.54, 1.807) is 19.1 Å². The standard InChI is InChI=1S/C12H11NO4/c1-9-6-7-10(8-11(9)13(15)16)4-3-5-12(14)17-2/h6-8H,5H2,1-2H3. The Morgan fingerprint density at radius 2 is 2.24 bits per heavy atom. The molecule has 17 heavy (non-hydrogen) atoms. The van der Waals surface area contributed by atoms with E-state index in [0.717, 1.165) is 0 Å². The molecule has 0 atom stereocenters. The van der Waals surface area contributed by atoms with Crippen LogP contribution in [0, 0.1) is 28.9 Å². The summed E-state index contributed by atoms with van der Waals surface area (Å²) in [5.41, 5.74) is 1.11. The van der Waals surface area contributed by atoms with Crippen LogP contribution >= 0.6 is 0 Å². The van der Waals surface area contributed by atoms with Gasteiger partial charge in [-0.25, -0.2) is 0 Å². The summed E-state index contributed by atoms with van der Waals surface area (Å²) in [6.07, 6.45) is -0.0296. The number of esters is 1. The van der Waals surface area contributed by atoms with Crippen LogP contribution in [0.5, 0.6) is 0 Å². The maximum absolute atomic E-state index is 10.8. The summed E-state index contributed by atoms with van der Waals surface area (Å²) >= 11 is 0. The second-order valence-corrected chi connectivity index (χ2v) is 3.31. The second-order valence-electron chi connectivity index (χ2n) is 3.31. The van der Waals surface area contributed by atoms with E-state index in [2.05, 4.69) is 16.6 Å². The molecule has 0 bridgehead atoms. The molecule has 0 fully saturated rings. The highest BCUT2D eigenvalue weighted by Gasteiger charge is 2.09. The molecule has 1 aromatic carbocycles. The first-order chi connectivity index (χ1) is 8.04. The van der Waals surface area contributed by atoms with Crippen LogP contribution in [0.15, 0.2) is 18.2 Å². The van der Waals surface area contributed by atoms with Crippen LogP contribution < -0.4 is 0 Å². The number of nitrogens with zero attached hydrogens (tertiary/aromatic N) is 1. The highest BCUT2D eigenvalue weighted by Crippen LogP contribution is 2.18. The van der Waals surface area contributed by atoms with Gasteiger partial charge in [0.2, 0.25) is 0 Å². The monoisotopic (exact) mass is 233 g/mol. The minimum Gasteiger partial charge on any atom is -0.468 e. The van der Waals surface area contributed by atoms with Crippen LogP contribution in [0.1, 0.15) is 17.5 Å². The van der Waals surface area contributed by atoms with E-state index in [1.807, 2.05) is 0 Å². The molecule has 0 aliphatic carbocycles. The molecule has 0 N–H and O–H groups in total. The van der Waals surface area contributed by atoms with E-state index in [4.69, 9.17) is 0 Å². The van der Waals surface area contributed by atoms with Crippen molar-refractivity contribution in [3.63, 3.8) is 0 Å². The van der Waals surface area contributed by atoms with Gasteiger partial charge < -0.3 is 4.74 Å². The van der Waals surface area contributed by atoms with Crippen molar-refractivity contribution in [3.05, 3.63) is 39.4 Å². The van der Waals surface area contributed by atoms with Crippen LogP contribution in [-0.2, 0) is 9.53 Å². The quantitative estimate of drug-likeness (QED) is 0.338. The van der Waals surface area contributed by atoms with Crippen LogP contribution in [0.25, 0.3) is 0 Å². The van der Waals surface area contributed by atoms with E-state index >= 15 is 0 Å². The number of ether oxygens (including phenoxy) is 1. The Morgan fingerprint density at radius 1 is 1.53 bits per heavy atom. The van der Waals surface area contributed by atoms with Gasteiger partial charge in [0, 0.05) is 17.2 Å². The average Bonchev–Trinajstić information content (AvgIpc) is 2.30. The highest BCUT2D eigenvalue weighted by atomic mass is 16.6. The first kappa shape index (κ1) is 12.7. The molecule has 0 radical (unpaired) electrons. The van der Waals surface area contributed by atoms with Crippen molar-refractivity contribution >= 4 is 11.7 Å². The number of methoxy groups -OCH3 is 1. The van der Waals surface area contributed by atoms with Gasteiger partial charge >= 0.3 is 5.97 Å². The first-order valence-corrected chi connectivity index (χ1v) is 4.85. The molecule has 0 amide bonds. The zero-order valence-corrected chi connectivity index (χ0v) is 9.52. The van der Waals surface area contributed by atoms with Gasteiger partial charge in [0.25, 0.3) is 5.69 Å². The third kappa shape index (κ3) is 3.61. The Labute approximate surface area is 98.5 Å². The van der Waals surface area contributed by atoms with E-state index in [0.29, 0.717) is 11.1 Å². The lowest BCUT2D eigenvalue weighted by Crippen LogP contribution is -1.97. The fourth-order valence-corrected chi connectivity index (χ4v) is 1.17. The lowest BCUT2D eigenvalue weighted by atomic mass is 10.1. The normalized spacial score (nSPS) is 9.06. The lowest BCUT2D eigenvalue weighted by molar-refractivity contribution is -0.385. The number of carbonyl (C=O) groups is 1. The molecule has 0 aromatic heterocycles. The van der Waals surface area contributed by atoms with Gasteiger partial charge in [-0.1, -0.05) is 17.9 Å². The van der Waals surface area contributed by atoms with Crippen molar-refractivity contribution in [3.8, 4) is 11.8 Å². The molecule has 0 spiro atoms. The molecule has 0 heterocycles. The second kappa shape index (κ2) is 5.66. The van der Waals surface area contributed by atoms with E-state index in [1.165, 1.54) is 13.2 Å². The van der Waals surface area contributed by atoms with Crippen molar-refractivity contribution in [2.45, 2.75) is 13.3 Å². The molecular formula is C12H11NO4. The van der Waals surface area contributed by atoms with Gasteiger partial charge in [-0.2, -0.15) is 0 Å². The molecule has 0 unspecified atom stereocenters. The first-order valence-electron chi connectivity index (χ1n) is 4.85. The summed E-state index contributed by atoms with van der Waals surface area (Å²) in [7, 11) is 1.28. The number of hydrogen-bond donors (Lipinski definition) is 0. The Morgan fingerprint density at radius 3 is 2.82 bits per heavy atom. The van der Waals surface area contributed by atoms with Crippen LogP contribution in [0.4, 0.5) is 5.69 Å². The largest absolute Gasteiger partial charge is 0.468 e. The Hall–Kier alpha value is -2.35. The van der Waals surface area contributed by atoms with Gasteiger partial charge in [0.15, 0.2) is 0 Å². The van der Waals surface area contributed by atoms with Gasteiger partial charge in [-0.05, 0) is 13.0 Å². The molecule has 88 valence electrons. The third-order valence-electron chi connectivity index (χ3n) is 2.10. The van der Waals surface area contributed by atoms with Crippen LogP contribution in [0.2, 0.25) is 0 Å². The molecule has 5 nitrogen and oxygen atoms in total. The minimum absolute atomic E-state index is 0.0230. The zero-order chi connectivity index (χ0) is 12.8. The molecule has 1 aromatic rings. The number of nitro groups is 1. The van der Waals surface area contributed by atoms with Gasteiger partial charge in [0.05, 0.1) is 12.0 Å². The van der Waals surface area contributed by atoms with Gasteiger partial charge in [-0.3, -0.25) is 14.9 Å². The molecular weight excluding hydrogens is 222 g/mol. The topological polar surface area (TPSA) is 69.4 Å². The maximum atomic E-state index is 10.8. The van der Waals surface area contributed by atoms with Crippen LogP contribution in [0.3, 0.4) is 0 Å². The minimum atomic E-state index is -0.458. The van der Waals surface area contributed by atoms with E-state index < -0.39 is 10.9 Å². The summed E-state index contributed by atoms with van der Waals surface area (Å²) in [6, 6.07) is 4.69. The predicted molar refractivity (Wildman–Crippen MR) is 61.3 cm³/mol. The Bertz CT molecular complexity index is 511. The number of benzene rings is 1. The van der Waals surface area contributed by atoms with Crippen LogP contribution in [-0.4, -0.2) is 18.0 Å². The number of aryl methyl sites for hydroxylation is 1. The fourth-order valence-electron chi connectivity index (χ4n) is 1.17. The average molecular weight is 233 g/mol. The summed E-state index contributed by atoms with van der Waals surface area (Å²) in [6.45, 7) is 1.66. The van der Waals surface area contributed by atoms with Crippen molar-refractivity contribution in [1.82, 2.24) is 0 Å². The molecule has 0 aliphatic heterocycles. The van der Waals surface area contributed by atoms with Gasteiger partial charge in [-0.15, -0.1) is 0 Å². The van der Waals surface area contributed by atoms with E-state index in [9.17, 15) is 14.9 Å². The summed E-state index contributed by atoms with van der Waals surface area (Å²) in [5.74, 6) is 4.84. The van der Waals surface area contributed by atoms with Crippen molar-refractivity contribution < 1.29 is 14.5 Å². The molecule has 0 saturated heterocycles. The van der Waals surface area contributed by atoms with E-state index in [-0.39, 0.29) is 12.1 Å². The molecule has 1 rings (SSSR count). The third-order valence-corrected chi connectivity index (χ3v) is 2.10. The highest BCUT2D eigenvalue weighted by molar-refractivity contribution is 5.72. The van der Waals surface area contributed by atoms with Crippen molar-refractivity contribution in [2.24, 2.45) is 0 Å². The fraction of sp³-hybridized carbons (Fsp3) is 0.250. The number of hydrogen-bond acceptors (Lipinski definition) is 4. The maximum Gasteiger partial charge on any atom is 0.317 e. The van der Waals surface area contributed by atoms with Crippen molar-refractivity contribution in [1.29, 1.82) is 0 Å². The zero-order valence-electron chi connectivity index (χ0n) is 9.52. The number of carbonyl (C=O) groups excluding carboxylic acids is 1. The SMILES string of the molecule is COC(=O)CC#Cc1ccc(C)c([N+](=O)[O-])c1.